The van der Waals surface area contributed by atoms with Gasteiger partial charge in [-0.3, -0.25) is 0 Å². The highest BCUT2D eigenvalue weighted by Gasteiger charge is 2.44. The summed E-state index contributed by atoms with van der Waals surface area (Å²) < 4.78 is 7.44. The number of nitriles is 1. The molecule has 0 radical (unpaired) electrons. The average molecular weight is 427 g/mol. The third kappa shape index (κ3) is 3.39. The second-order valence-corrected chi connectivity index (χ2v) is 9.52. The Morgan fingerprint density at radius 2 is 1.74 bits per heavy atom. The summed E-state index contributed by atoms with van der Waals surface area (Å²) in [4.78, 5) is 11.6. The van der Waals surface area contributed by atoms with Crippen LogP contribution in [0.5, 0.6) is 0 Å². The summed E-state index contributed by atoms with van der Waals surface area (Å²) in [5.74, 6) is 2.56. The largest absolute Gasteiger partial charge is 0.423 e. The molecule has 1 saturated heterocycles. The van der Waals surface area contributed by atoms with Crippen molar-refractivity contribution >= 4 is 27.4 Å². The summed E-state index contributed by atoms with van der Waals surface area (Å²) in [5.41, 5.74) is 2.84. The second kappa shape index (κ2) is 7.51. The van der Waals surface area contributed by atoms with E-state index in [4.69, 9.17) is 9.40 Å². The molecule has 154 valence electrons. The molecule has 6 rings (SSSR count). The van der Waals surface area contributed by atoms with Crippen molar-refractivity contribution in [3.05, 3.63) is 76.8 Å². The number of rotatable bonds is 4. The number of oxazole rings is 1. The molecule has 0 N–H and O–H groups in total. The van der Waals surface area contributed by atoms with Gasteiger partial charge in [-0.1, -0.05) is 42.5 Å². The molecule has 2 aromatic carbocycles. The van der Waals surface area contributed by atoms with Crippen LogP contribution in [0.1, 0.15) is 59.2 Å². The number of para-hydroxylation sites is 1. The predicted molar refractivity (Wildman–Crippen MR) is 122 cm³/mol. The SMILES string of the molecule is N#Cc1nc([C@H]2C[C@@H]2c2ccccc2)oc1N1CCC(c2nc3ccccc3s2)CC1. The number of nitrogens with zero attached hydrogens (tertiary/aromatic N) is 4. The molecule has 2 atom stereocenters. The average Bonchev–Trinajstić information content (AvgIpc) is 3.32. The fourth-order valence-corrected chi connectivity index (χ4v) is 5.84. The van der Waals surface area contributed by atoms with Gasteiger partial charge in [0.05, 0.1) is 15.2 Å². The number of fused-ring (bicyclic) bond motifs is 1. The third-order valence-electron chi connectivity index (χ3n) is 6.51. The zero-order valence-electron chi connectivity index (χ0n) is 17.1. The highest BCUT2D eigenvalue weighted by Crippen LogP contribution is 2.55. The van der Waals surface area contributed by atoms with Crippen LogP contribution in [0.2, 0.25) is 0 Å². The number of anilines is 1. The molecule has 1 aliphatic heterocycles. The molecule has 1 aliphatic carbocycles. The Balaban J connectivity index is 1.17. The summed E-state index contributed by atoms with van der Waals surface area (Å²) in [6.07, 6.45) is 3.06. The molecule has 0 spiro atoms. The van der Waals surface area contributed by atoms with Crippen molar-refractivity contribution in [3.63, 3.8) is 0 Å². The van der Waals surface area contributed by atoms with Crippen LogP contribution in [0.15, 0.2) is 59.0 Å². The minimum absolute atomic E-state index is 0.281. The Bertz CT molecular complexity index is 1230. The van der Waals surface area contributed by atoms with Gasteiger partial charge in [0.25, 0.3) is 0 Å². The zero-order valence-corrected chi connectivity index (χ0v) is 17.9. The summed E-state index contributed by atoms with van der Waals surface area (Å²) in [6, 6.07) is 21.1. The first kappa shape index (κ1) is 18.6. The van der Waals surface area contributed by atoms with E-state index in [1.807, 2.05) is 12.1 Å². The van der Waals surface area contributed by atoms with Gasteiger partial charge in [0.2, 0.25) is 17.5 Å². The molecule has 0 unspecified atom stereocenters. The minimum atomic E-state index is 0.281. The molecule has 2 aliphatic rings. The van der Waals surface area contributed by atoms with Gasteiger partial charge in [-0.15, -0.1) is 11.3 Å². The zero-order chi connectivity index (χ0) is 20.8. The maximum absolute atomic E-state index is 9.65. The van der Waals surface area contributed by atoms with Gasteiger partial charge < -0.3 is 9.32 Å². The Hall–Kier alpha value is -3.17. The van der Waals surface area contributed by atoms with Gasteiger partial charge in [0.1, 0.15) is 6.07 Å². The maximum Gasteiger partial charge on any atom is 0.234 e. The highest BCUT2D eigenvalue weighted by atomic mass is 32.1. The molecule has 0 amide bonds. The smallest absolute Gasteiger partial charge is 0.234 e. The van der Waals surface area contributed by atoms with Crippen LogP contribution in [0.3, 0.4) is 0 Å². The van der Waals surface area contributed by atoms with Gasteiger partial charge in [0.15, 0.2) is 0 Å². The van der Waals surface area contributed by atoms with E-state index in [1.165, 1.54) is 15.3 Å². The van der Waals surface area contributed by atoms with E-state index in [9.17, 15) is 5.26 Å². The number of thiazole rings is 1. The topological polar surface area (TPSA) is 66.0 Å². The summed E-state index contributed by atoms with van der Waals surface area (Å²) in [7, 11) is 0. The molecule has 2 fully saturated rings. The van der Waals surface area contributed by atoms with E-state index in [-0.39, 0.29) is 5.92 Å². The van der Waals surface area contributed by atoms with Gasteiger partial charge in [-0.05, 0) is 42.9 Å². The quantitative estimate of drug-likeness (QED) is 0.412. The Kier molecular flexibility index (Phi) is 4.50. The van der Waals surface area contributed by atoms with Crippen LogP contribution in [0.4, 0.5) is 5.88 Å². The van der Waals surface area contributed by atoms with Crippen molar-refractivity contribution in [3.8, 4) is 6.07 Å². The molecule has 3 heterocycles. The van der Waals surface area contributed by atoms with E-state index in [1.54, 1.807) is 11.3 Å². The van der Waals surface area contributed by atoms with Gasteiger partial charge in [0, 0.05) is 24.9 Å². The maximum atomic E-state index is 9.65. The molecule has 6 heteroatoms. The fourth-order valence-electron chi connectivity index (χ4n) is 4.70. The lowest BCUT2D eigenvalue weighted by Gasteiger charge is -2.30. The molecular formula is C25H22N4OS. The standard InChI is InChI=1S/C25H22N4OS/c26-15-21-25(30-23(27-21)19-14-18(19)16-6-2-1-3-7-16)29-12-10-17(11-13-29)24-28-20-8-4-5-9-22(20)31-24/h1-9,17-19H,10-14H2/t18-,19+/m1/s1. The lowest BCUT2D eigenvalue weighted by atomic mass is 9.97. The first-order chi connectivity index (χ1) is 15.3. The molecule has 5 nitrogen and oxygen atoms in total. The highest BCUT2D eigenvalue weighted by molar-refractivity contribution is 7.18. The van der Waals surface area contributed by atoms with Gasteiger partial charge >= 0.3 is 0 Å². The second-order valence-electron chi connectivity index (χ2n) is 8.46. The molecule has 4 aromatic rings. The molecule has 31 heavy (non-hydrogen) atoms. The van der Waals surface area contributed by atoms with Crippen LogP contribution in [-0.2, 0) is 0 Å². The van der Waals surface area contributed by atoms with Crippen LogP contribution < -0.4 is 4.90 Å². The number of aromatic nitrogens is 2. The number of hydrogen-bond acceptors (Lipinski definition) is 6. The number of benzene rings is 2. The summed E-state index contributed by atoms with van der Waals surface area (Å²) >= 11 is 1.81. The monoisotopic (exact) mass is 426 g/mol. The van der Waals surface area contributed by atoms with E-state index < -0.39 is 0 Å². The Morgan fingerprint density at radius 3 is 2.52 bits per heavy atom. The van der Waals surface area contributed by atoms with Crippen molar-refractivity contribution in [2.75, 3.05) is 18.0 Å². The van der Waals surface area contributed by atoms with Crippen molar-refractivity contribution in [2.24, 2.45) is 0 Å². The van der Waals surface area contributed by atoms with Gasteiger partial charge in [-0.25, -0.2) is 9.97 Å². The first-order valence-electron chi connectivity index (χ1n) is 10.9. The Labute approximate surface area is 185 Å². The minimum Gasteiger partial charge on any atom is -0.423 e. The molecule has 1 saturated carbocycles. The van der Waals surface area contributed by atoms with Crippen LogP contribution in [-0.4, -0.2) is 23.1 Å². The predicted octanol–water partition coefficient (Wildman–Crippen LogP) is 5.81. The lowest BCUT2D eigenvalue weighted by Crippen LogP contribution is -2.33. The van der Waals surface area contributed by atoms with E-state index in [0.717, 1.165) is 37.9 Å². The van der Waals surface area contributed by atoms with E-state index >= 15 is 0 Å². The number of piperidine rings is 1. The van der Waals surface area contributed by atoms with Crippen molar-refractivity contribution in [1.82, 2.24) is 9.97 Å². The van der Waals surface area contributed by atoms with Gasteiger partial charge in [-0.2, -0.15) is 5.26 Å². The summed E-state index contributed by atoms with van der Waals surface area (Å²) in [6.45, 7) is 1.72. The van der Waals surface area contributed by atoms with Crippen LogP contribution >= 0.6 is 11.3 Å². The third-order valence-corrected chi connectivity index (χ3v) is 7.71. The first-order valence-corrected chi connectivity index (χ1v) is 11.7. The Morgan fingerprint density at radius 1 is 0.968 bits per heavy atom. The molecular weight excluding hydrogens is 404 g/mol. The van der Waals surface area contributed by atoms with E-state index in [2.05, 4.69) is 58.4 Å². The van der Waals surface area contributed by atoms with Crippen molar-refractivity contribution in [1.29, 1.82) is 5.26 Å². The number of hydrogen-bond donors (Lipinski definition) is 0. The lowest BCUT2D eigenvalue weighted by molar-refractivity contribution is 0.443. The fraction of sp³-hybridized carbons (Fsp3) is 0.320. The summed E-state index contributed by atoms with van der Waals surface area (Å²) in [5, 5.41) is 10.9. The van der Waals surface area contributed by atoms with Crippen LogP contribution in [0, 0.1) is 11.3 Å². The van der Waals surface area contributed by atoms with Crippen LogP contribution in [0.25, 0.3) is 10.2 Å². The molecule has 2 aromatic heterocycles. The van der Waals surface area contributed by atoms with Crippen molar-refractivity contribution < 1.29 is 4.42 Å². The molecule has 0 bridgehead atoms. The normalized spacial score (nSPS) is 21.3. The van der Waals surface area contributed by atoms with Crippen molar-refractivity contribution in [2.45, 2.75) is 37.0 Å². The van der Waals surface area contributed by atoms with E-state index in [0.29, 0.717) is 29.3 Å².